The fourth-order valence-corrected chi connectivity index (χ4v) is 2.26. The van der Waals surface area contributed by atoms with Crippen LogP contribution in [-0.4, -0.2) is 49.3 Å². The maximum atomic E-state index is 10.9. The first-order valence-electron chi connectivity index (χ1n) is 6.01. The zero-order chi connectivity index (χ0) is 13.0. The molecule has 1 saturated heterocycles. The molecule has 0 saturated carbocycles. The van der Waals surface area contributed by atoms with E-state index in [1.165, 1.54) is 0 Å². The van der Waals surface area contributed by atoms with Crippen molar-refractivity contribution < 1.29 is 14.6 Å². The third-order valence-corrected chi connectivity index (χ3v) is 3.19. The Hall–Kier alpha value is -1.59. The van der Waals surface area contributed by atoms with Gasteiger partial charge in [-0.1, -0.05) is 12.1 Å². The molecule has 1 aromatic rings. The largest absolute Gasteiger partial charge is 0.497 e. The number of carboxylic acids is 1. The summed E-state index contributed by atoms with van der Waals surface area (Å²) < 4.78 is 5.12. The second-order valence-electron chi connectivity index (χ2n) is 4.36. The molecule has 1 unspecified atom stereocenters. The van der Waals surface area contributed by atoms with Gasteiger partial charge in [-0.3, -0.25) is 9.69 Å². The summed E-state index contributed by atoms with van der Waals surface area (Å²) in [4.78, 5) is 12.8. The van der Waals surface area contributed by atoms with E-state index in [-0.39, 0.29) is 12.6 Å². The van der Waals surface area contributed by atoms with E-state index in [1.54, 1.807) is 7.11 Å². The molecule has 0 amide bonds. The van der Waals surface area contributed by atoms with Crippen LogP contribution < -0.4 is 10.1 Å². The lowest BCUT2D eigenvalue weighted by Crippen LogP contribution is -2.47. The van der Waals surface area contributed by atoms with Gasteiger partial charge in [0.2, 0.25) is 0 Å². The lowest BCUT2D eigenvalue weighted by Gasteiger charge is -2.35. The first-order chi connectivity index (χ1) is 8.70. The van der Waals surface area contributed by atoms with Crippen molar-refractivity contribution >= 4 is 5.97 Å². The van der Waals surface area contributed by atoms with Crippen molar-refractivity contribution in [2.45, 2.75) is 6.04 Å². The minimum Gasteiger partial charge on any atom is -0.497 e. The highest BCUT2D eigenvalue weighted by molar-refractivity contribution is 5.69. The molecular formula is C13H18N2O3. The first kappa shape index (κ1) is 12.9. The Kier molecular flexibility index (Phi) is 4.17. The Bertz CT molecular complexity index is 405. The molecule has 18 heavy (non-hydrogen) atoms. The molecule has 98 valence electrons. The average molecular weight is 250 g/mol. The first-order valence-corrected chi connectivity index (χ1v) is 6.01. The van der Waals surface area contributed by atoms with Crippen LogP contribution in [0.5, 0.6) is 5.75 Å². The van der Waals surface area contributed by atoms with Crippen LogP contribution in [0.3, 0.4) is 0 Å². The van der Waals surface area contributed by atoms with Crippen molar-refractivity contribution in [1.82, 2.24) is 10.2 Å². The average Bonchev–Trinajstić information content (AvgIpc) is 2.39. The number of hydrogen-bond donors (Lipinski definition) is 2. The van der Waals surface area contributed by atoms with Crippen LogP contribution in [0.2, 0.25) is 0 Å². The van der Waals surface area contributed by atoms with Crippen molar-refractivity contribution in [2.75, 3.05) is 33.3 Å². The van der Waals surface area contributed by atoms with E-state index in [2.05, 4.69) is 5.32 Å². The zero-order valence-corrected chi connectivity index (χ0v) is 10.4. The number of ether oxygens (including phenoxy) is 1. The fourth-order valence-electron chi connectivity index (χ4n) is 2.26. The molecule has 2 rings (SSSR count). The van der Waals surface area contributed by atoms with Crippen LogP contribution in [0.15, 0.2) is 24.3 Å². The van der Waals surface area contributed by atoms with E-state index in [1.807, 2.05) is 29.2 Å². The number of carboxylic acid groups (broad SMARTS) is 1. The molecule has 5 heteroatoms. The highest BCUT2D eigenvalue weighted by Crippen LogP contribution is 2.23. The van der Waals surface area contributed by atoms with Gasteiger partial charge in [0.1, 0.15) is 5.75 Å². The summed E-state index contributed by atoms with van der Waals surface area (Å²) in [5, 5.41) is 12.2. The summed E-state index contributed by atoms with van der Waals surface area (Å²) in [5.74, 6) is 0.0303. The van der Waals surface area contributed by atoms with Crippen LogP contribution >= 0.6 is 0 Å². The van der Waals surface area contributed by atoms with E-state index >= 15 is 0 Å². The standard InChI is InChI=1S/C13H18N2O3/c1-18-11-4-2-10(3-5-11)12-8-14-6-7-15(12)9-13(16)17/h2-5,12,14H,6-9H2,1H3,(H,16,17). The number of methoxy groups -OCH3 is 1. The Morgan fingerprint density at radius 1 is 1.50 bits per heavy atom. The maximum Gasteiger partial charge on any atom is 0.317 e. The van der Waals surface area contributed by atoms with Crippen molar-refractivity contribution in [1.29, 1.82) is 0 Å². The highest BCUT2D eigenvalue weighted by atomic mass is 16.5. The van der Waals surface area contributed by atoms with E-state index in [9.17, 15) is 4.79 Å². The molecule has 1 aliphatic rings. The zero-order valence-electron chi connectivity index (χ0n) is 10.4. The van der Waals surface area contributed by atoms with Crippen molar-refractivity contribution in [3.8, 4) is 5.75 Å². The number of piperazine rings is 1. The van der Waals surface area contributed by atoms with E-state index in [0.717, 1.165) is 30.9 Å². The molecule has 0 spiro atoms. The van der Waals surface area contributed by atoms with E-state index in [4.69, 9.17) is 9.84 Å². The number of hydrogen-bond acceptors (Lipinski definition) is 4. The molecule has 0 aromatic heterocycles. The smallest absolute Gasteiger partial charge is 0.317 e. The highest BCUT2D eigenvalue weighted by Gasteiger charge is 2.25. The summed E-state index contributed by atoms with van der Waals surface area (Å²) in [6.45, 7) is 2.45. The molecule has 0 aliphatic carbocycles. The summed E-state index contributed by atoms with van der Waals surface area (Å²) in [6, 6.07) is 7.91. The Morgan fingerprint density at radius 3 is 2.83 bits per heavy atom. The number of nitrogens with one attached hydrogen (secondary N) is 1. The van der Waals surface area contributed by atoms with Gasteiger partial charge in [-0.15, -0.1) is 0 Å². The van der Waals surface area contributed by atoms with Crippen LogP contribution in [-0.2, 0) is 4.79 Å². The third kappa shape index (κ3) is 3.00. The molecule has 2 N–H and O–H groups in total. The summed E-state index contributed by atoms with van der Waals surface area (Å²) in [6.07, 6.45) is 0. The minimum absolute atomic E-state index is 0.0817. The molecule has 1 atom stereocenters. The number of benzene rings is 1. The monoisotopic (exact) mass is 250 g/mol. The van der Waals surface area contributed by atoms with Gasteiger partial charge in [0.05, 0.1) is 13.7 Å². The molecular weight excluding hydrogens is 232 g/mol. The van der Waals surface area contributed by atoms with Crippen LogP contribution in [0.25, 0.3) is 0 Å². The molecule has 0 radical (unpaired) electrons. The maximum absolute atomic E-state index is 10.9. The molecule has 1 fully saturated rings. The van der Waals surface area contributed by atoms with Gasteiger partial charge in [-0.2, -0.15) is 0 Å². The predicted molar refractivity (Wildman–Crippen MR) is 67.8 cm³/mol. The topological polar surface area (TPSA) is 61.8 Å². The van der Waals surface area contributed by atoms with Crippen LogP contribution in [0.1, 0.15) is 11.6 Å². The molecule has 1 aliphatic heterocycles. The van der Waals surface area contributed by atoms with Crippen LogP contribution in [0.4, 0.5) is 0 Å². The van der Waals surface area contributed by atoms with Gasteiger partial charge in [0.25, 0.3) is 0 Å². The third-order valence-electron chi connectivity index (χ3n) is 3.19. The Balaban J connectivity index is 2.13. The SMILES string of the molecule is COc1ccc(C2CNCCN2CC(=O)O)cc1. The summed E-state index contributed by atoms with van der Waals surface area (Å²) >= 11 is 0. The molecule has 0 bridgehead atoms. The number of carbonyl (C=O) groups is 1. The molecule has 5 nitrogen and oxygen atoms in total. The Labute approximate surface area is 106 Å². The number of nitrogens with zero attached hydrogens (tertiary/aromatic N) is 1. The minimum atomic E-state index is -0.782. The van der Waals surface area contributed by atoms with E-state index < -0.39 is 5.97 Å². The quantitative estimate of drug-likeness (QED) is 0.824. The van der Waals surface area contributed by atoms with Gasteiger partial charge < -0.3 is 15.2 Å². The van der Waals surface area contributed by atoms with Crippen molar-refractivity contribution in [3.05, 3.63) is 29.8 Å². The molecule has 1 aromatic carbocycles. The second kappa shape index (κ2) is 5.84. The van der Waals surface area contributed by atoms with Gasteiger partial charge in [-0.05, 0) is 17.7 Å². The van der Waals surface area contributed by atoms with E-state index in [0.29, 0.717) is 0 Å². The number of rotatable bonds is 4. The van der Waals surface area contributed by atoms with Gasteiger partial charge in [0, 0.05) is 25.7 Å². The summed E-state index contributed by atoms with van der Waals surface area (Å²) in [5.41, 5.74) is 1.12. The predicted octanol–water partition coefficient (Wildman–Crippen LogP) is 0.726. The fraction of sp³-hybridized carbons (Fsp3) is 0.462. The lowest BCUT2D eigenvalue weighted by atomic mass is 10.0. The van der Waals surface area contributed by atoms with Crippen molar-refractivity contribution in [3.63, 3.8) is 0 Å². The Morgan fingerprint density at radius 2 is 2.22 bits per heavy atom. The van der Waals surface area contributed by atoms with Gasteiger partial charge >= 0.3 is 5.97 Å². The summed E-state index contributed by atoms with van der Waals surface area (Å²) in [7, 11) is 1.63. The van der Waals surface area contributed by atoms with Gasteiger partial charge in [-0.25, -0.2) is 0 Å². The van der Waals surface area contributed by atoms with Gasteiger partial charge in [0.15, 0.2) is 0 Å². The van der Waals surface area contributed by atoms with Crippen molar-refractivity contribution in [2.24, 2.45) is 0 Å². The normalized spacial score (nSPS) is 20.6. The van der Waals surface area contributed by atoms with Crippen LogP contribution in [0, 0.1) is 0 Å². The lowest BCUT2D eigenvalue weighted by molar-refractivity contribution is -0.139. The second-order valence-corrected chi connectivity index (χ2v) is 4.36. The number of aliphatic carboxylic acids is 1. The molecule has 1 heterocycles.